The van der Waals surface area contributed by atoms with Crippen molar-refractivity contribution in [3.63, 3.8) is 0 Å². The van der Waals surface area contributed by atoms with Crippen molar-refractivity contribution < 1.29 is 5.11 Å². The zero-order chi connectivity index (χ0) is 16.9. The minimum atomic E-state index is -1.68. The predicted molar refractivity (Wildman–Crippen MR) is 101 cm³/mol. The number of benzene rings is 1. The van der Waals surface area contributed by atoms with Crippen LogP contribution in [0.15, 0.2) is 30.3 Å². The fraction of sp³-hybridized carbons (Fsp3) is 0.500. The second kappa shape index (κ2) is 7.69. The van der Waals surface area contributed by atoms with Gasteiger partial charge in [-0.25, -0.2) is 0 Å². The molecule has 1 aromatic rings. The lowest BCUT2D eigenvalue weighted by molar-refractivity contribution is 0.473. The molecule has 0 amide bonds. The molecule has 0 aromatic heterocycles. The van der Waals surface area contributed by atoms with Crippen LogP contribution in [0.3, 0.4) is 0 Å². The third kappa shape index (κ3) is 3.84. The van der Waals surface area contributed by atoms with Gasteiger partial charge in [-0.2, -0.15) is 0 Å². The van der Waals surface area contributed by atoms with Crippen LogP contribution >= 0.6 is 0 Å². The molecular formula is C20H30OSi. The number of phenolic OH excluding ortho intramolecular Hbond substituents is 1. The minimum Gasteiger partial charge on any atom is -0.507 e. The van der Waals surface area contributed by atoms with Gasteiger partial charge in [0.05, 0.1) is 0 Å². The molecule has 0 spiro atoms. The molecule has 1 aromatic carbocycles. The lowest BCUT2D eigenvalue weighted by atomic mass is 10.1. The highest BCUT2D eigenvalue weighted by atomic mass is 28.3. The summed E-state index contributed by atoms with van der Waals surface area (Å²) in [7, 11) is -1.68. The summed E-state index contributed by atoms with van der Waals surface area (Å²) < 4.78 is 0. The van der Waals surface area contributed by atoms with E-state index in [9.17, 15) is 5.11 Å². The van der Waals surface area contributed by atoms with Crippen molar-refractivity contribution in [3.8, 4) is 17.2 Å². The smallest absolute Gasteiger partial charge is 0.146 e. The third-order valence-corrected chi connectivity index (χ3v) is 11.1. The molecule has 0 aliphatic carbocycles. The Morgan fingerprint density at radius 2 is 1.50 bits per heavy atom. The SMILES string of the molecule is C/C(=C/C#C[Si](C(C)C)(C(C)C)C(C)C)c1ccccc1O. The number of aromatic hydroxyl groups is 1. The Labute approximate surface area is 137 Å². The van der Waals surface area contributed by atoms with E-state index in [4.69, 9.17) is 0 Å². The van der Waals surface area contributed by atoms with E-state index in [1.165, 1.54) is 0 Å². The van der Waals surface area contributed by atoms with Crippen LogP contribution in [0.5, 0.6) is 5.75 Å². The molecular weight excluding hydrogens is 284 g/mol. The Kier molecular flexibility index (Phi) is 6.50. The van der Waals surface area contributed by atoms with Gasteiger partial charge in [-0.05, 0) is 41.3 Å². The van der Waals surface area contributed by atoms with E-state index in [1.54, 1.807) is 6.07 Å². The summed E-state index contributed by atoms with van der Waals surface area (Å²) in [4.78, 5) is 0. The van der Waals surface area contributed by atoms with Crippen LogP contribution in [-0.4, -0.2) is 13.2 Å². The van der Waals surface area contributed by atoms with Gasteiger partial charge < -0.3 is 5.11 Å². The van der Waals surface area contributed by atoms with Crippen molar-refractivity contribution in [1.82, 2.24) is 0 Å². The van der Waals surface area contributed by atoms with Crippen LogP contribution in [0.2, 0.25) is 16.6 Å². The van der Waals surface area contributed by atoms with Gasteiger partial charge in [-0.1, -0.05) is 65.7 Å². The maximum absolute atomic E-state index is 9.92. The number of rotatable bonds is 4. The van der Waals surface area contributed by atoms with E-state index >= 15 is 0 Å². The summed E-state index contributed by atoms with van der Waals surface area (Å²) >= 11 is 0. The van der Waals surface area contributed by atoms with Crippen molar-refractivity contribution in [2.45, 2.75) is 65.1 Å². The molecule has 0 saturated carbocycles. The van der Waals surface area contributed by atoms with Crippen molar-refractivity contribution in [2.75, 3.05) is 0 Å². The van der Waals surface area contributed by atoms with Gasteiger partial charge in [0.25, 0.3) is 0 Å². The Balaban J connectivity index is 3.20. The summed E-state index contributed by atoms with van der Waals surface area (Å²) in [5.41, 5.74) is 7.48. The first kappa shape index (κ1) is 18.6. The zero-order valence-corrected chi connectivity index (χ0v) is 16.1. The van der Waals surface area contributed by atoms with E-state index in [-0.39, 0.29) is 0 Å². The van der Waals surface area contributed by atoms with E-state index in [0.29, 0.717) is 22.4 Å². The molecule has 2 heteroatoms. The van der Waals surface area contributed by atoms with Gasteiger partial charge >= 0.3 is 0 Å². The Morgan fingerprint density at radius 1 is 1.00 bits per heavy atom. The van der Waals surface area contributed by atoms with Crippen LogP contribution in [0, 0.1) is 11.5 Å². The summed E-state index contributed by atoms with van der Waals surface area (Å²) in [5, 5.41) is 9.92. The lowest BCUT2D eigenvalue weighted by Crippen LogP contribution is -2.43. The molecule has 0 radical (unpaired) electrons. The summed E-state index contributed by atoms with van der Waals surface area (Å²) in [6.45, 7) is 15.9. The molecule has 1 rings (SSSR count). The average molecular weight is 315 g/mol. The third-order valence-electron chi connectivity index (χ3n) is 4.77. The quantitative estimate of drug-likeness (QED) is 0.532. The molecule has 0 aliphatic heterocycles. The Bertz CT molecular complexity index is 563. The van der Waals surface area contributed by atoms with Gasteiger partial charge in [0.2, 0.25) is 0 Å². The van der Waals surface area contributed by atoms with Crippen molar-refractivity contribution >= 4 is 13.6 Å². The molecule has 0 unspecified atom stereocenters. The first-order valence-electron chi connectivity index (χ1n) is 8.21. The molecule has 0 aliphatic rings. The van der Waals surface area contributed by atoms with Crippen LogP contribution in [0.1, 0.15) is 54.0 Å². The van der Waals surface area contributed by atoms with E-state index in [2.05, 4.69) is 53.0 Å². The monoisotopic (exact) mass is 314 g/mol. The number of hydrogen-bond donors (Lipinski definition) is 1. The largest absolute Gasteiger partial charge is 0.507 e. The van der Waals surface area contributed by atoms with E-state index in [0.717, 1.165) is 11.1 Å². The van der Waals surface area contributed by atoms with Gasteiger partial charge in [-0.15, -0.1) is 5.54 Å². The van der Waals surface area contributed by atoms with Crippen molar-refractivity contribution in [2.24, 2.45) is 0 Å². The second-order valence-corrected chi connectivity index (χ2v) is 12.6. The number of para-hydroxylation sites is 1. The van der Waals surface area contributed by atoms with E-state index < -0.39 is 8.07 Å². The van der Waals surface area contributed by atoms with Gasteiger partial charge in [0.15, 0.2) is 0 Å². The highest BCUT2D eigenvalue weighted by molar-refractivity contribution is 6.90. The van der Waals surface area contributed by atoms with Gasteiger partial charge in [0, 0.05) is 5.56 Å². The average Bonchev–Trinajstić information content (AvgIpc) is 2.42. The fourth-order valence-corrected chi connectivity index (χ4v) is 8.78. The van der Waals surface area contributed by atoms with E-state index in [1.807, 2.05) is 31.2 Å². The van der Waals surface area contributed by atoms with Crippen LogP contribution in [0.4, 0.5) is 0 Å². The molecule has 1 N–H and O–H groups in total. The van der Waals surface area contributed by atoms with Crippen LogP contribution in [0.25, 0.3) is 5.57 Å². The van der Waals surface area contributed by atoms with Crippen LogP contribution < -0.4 is 0 Å². The summed E-state index contributed by atoms with van der Waals surface area (Å²) in [6.07, 6.45) is 1.96. The van der Waals surface area contributed by atoms with Crippen molar-refractivity contribution in [3.05, 3.63) is 35.9 Å². The van der Waals surface area contributed by atoms with Gasteiger partial charge in [0.1, 0.15) is 13.8 Å². The second-order valence-electron chi connectivity index (χ2n) is 7.01. The first-order chi connectivity index (χ1) is 10.2. The topological polar surface area (TPSA) is 20.2 Å². The molecule has 0 fully saturated rings. The predicted octanol–water partition coefficient (Wildman–Crippen LogP) is 6.02. The Morgan fingerprint density at radius 3 is 1.95 bits per heavy atom. The molecule has 0 bridgehead atoms. The summed E-state index contributed by atoms with van der Waals surface area (Å²) in [5.74, 6) is 3.65. The molecule has 22 heavy (non-hydrogen) atoms. The number of allylic oxidation sites excluding steroid dienone is 2. The lowest BCUT2D eigenvalue weighted by Gasteiger charge is -2.38. The maximum atomic E-state index is 9.92. The summed E-state index contributed by atoms with van der Waals surface area (Å²) in [6, 6.07) is 7.43. The standard InChI is InChI=1S/C20H30OSi/c1-15(2)22(16(3)4,17(5)6)14-10-11-18(7)19-12-8-9-13-20(19)21/h8-9,11-13,15-17,21H,1-7H3/b18-11-. The number of hydrogen-bond acceptors (Lipinski definition) is 1. The number of phenols is 1. The van der Waals surface area contributed by atoms with Crippen LogP contribution in [-0.2, 0) is 0 Å². The molecule has 0 atom stereocenters. The molecule has 0 heterocycles. The molecule has 120 valence electrons. The normalized spacial score (nSPS) is 12.7. The zero-order valence-electron chi connectivity index (χ0n) is 15.1. The highest BCUT2D eigenvalue weighted by Crippen LogP contribution is 2.40. The highest BCUT2D eigenvalue weighted by Gasteiger charge is 2.41. The minimum absolute atomic E-state index is 0.318. The van der Waals surface area contributed by atoms with Gasteiger partial charge in [-0.3, -0.25) is 0 Å². The molecule has 0 saturated heterocycles. The fourth-order valence-electron chi connectivity index (χ4n) is 3.59. The van der Waals surface area contributed by atoms with Crippen molar-refractivity contribution in [1.29, 1.82) is 0 Å². The Hall–Kier alpha value is -1.46. The molecule has 1 nitrogen and oxygen atoms in total. The first-order valence-corrected chi connectivity index (χ1v) is 10.4. The maximum Gasteiger partial charge on any atom is 0.146 e.